The molecule has 2 aromatic carbocycles. The molecule has 2 aromatic rings. The van der Waals surface area contributed by atoms with Crippen LogP contribution >= 0.6 is 23.2 Å². The maximum Gasteiger partial charge on any atom is 0.225 e. The highest BCUT2D eigenvalue weighted by molar-refractivity contribution is 6.36. The van der Waals surface area contributed by atoms with E-state index < -0.39 is 0 Å². The summed E-state index contributed by atoms with van der Waals surface area (Å²) in [5, 5.41) is 7.00. The minimum Gasteiger partial charge on any atom is -0.325 e. The first kappa shape index (κ1) is 16.8. The Hall–Kier alpha value is -1.55. The lowest BCUT2D eigenvalue weighted by atomic mass is 10.1. The number of benzene rings is 2. The smallest absolute Gasteiger partial charge is 0.225 e. The molecule has 0 aliphatic rings. The maximum absolute atomic E-state index is 11.9. The number of carbonyl (C=O) groups excluding carboxylic acids is 1. The van der Waals surface area contributed by atoms with E-state index in [2.05, 4.69) is 41.8 Å². The van der Waals surface area contributed by atoms with Gasteiger partial charge in [-0.2, -0.15) is 0 Å². The number of hydrogen-bond acceptors (Lipinski definition) is 2. The van der Waals surface area contributed by atoms with Gasteiger partial charge in [-0.15, -0.1) is 0 Å². The highest BCUT2D eigenvalue weighted by Gasteiger charge is 2.06. The third-order valence-corrected chi connectivity index (χ3v) is 3.73. The highest BCUT2D eigenvalue weighted by atomic mass is 35.5. The van der Waals surface area contributed by atoms with Crippen LogP contribution < -0.4 is 10.6 Å². The molecule has 0 bridgehead atoms. The molecule has 0 radical (unpaired) electrons. The fraction of sp³-hybridized carbons (Fsp3) is 0.235. The Morgan fingerprint density at radius 3 is 2.50 bits per heavy atom. The molecule has 0 aromatic heterocycles. The Kier molecular flexibility index (Phi) is 6.25. The second-order valence-corrected chi connectivity index (χ2v) is 5.93. The standard InChI is InChI=1S/C17H18Cl2N2O/c1-12-2-4-13(5-3-12)11-20-9-8-17(22)21-16-7-6-14(18)10-15(16)19/h2-7,10,20H,8-9,11H2,1H3,(H,21,22). The molecule has 0 saturated carbocycles. The molecule has 1 amide bonds. The van der Waals surface area contributed by atoms with Crippen LogP contribution in [-0.2, 0) is 11.3 Å². The monoisotopic (exact) mass is 336 g/mol. The maximum atomic E-state index is 11.9. The van der Waals surface area contributed by atoms with Gasteiger partial charge in [-0.25, -0.2) is 0 Å². The summed E-state index contributed by atoms with van der Waals surface area (Å²) in [6, 6.07) is 13.3. The lowest BCUT2D eigenvalue weighted by Gasteiger charge is -2.08. The molecule has 22 heavy (non-hydrogen) atoms. The second kappa shape index (κ2) is 8.18. The molecule has 0 unspecified atom stereocenters. The summed E-state index contributed by atoms with van der Waals surface area (Å²) in [5.74, 6) is -0.0828. The zero-order valence-corrected chi connectivity index (χ0v) is 13.8. The SMILES string of the molecule is Cc1ccc(CNCCC(=O)Nc2ccc(Cl)cc2Cl)cc1. The van der Waals surface area contributed by atoms with E-state index in [-0.39, 0.29) is 5.91 Å². The highest BCUT2D eigenvalue weighted by Crippen LogP contribution is 2.25. The predicted octanol–water partition coefficient (Wildman–Crippen LogP) is 4.42. The topological polar surface area (TPSA) is 41.1 Å². The van der Waals surface area contributed by atoms with Crippen molar-refractivity contribution in [2.24, 2.45) is 0 Å². The first-order chi connectivity index (χ1) is 10.5. The van der Waals surface area contributed by atoms with Crippen molar-refractivity contribution in [3.8, 4) is 0 Å². The average Bonchev–Trinajstić information content (AvgIpc) is 2.48. The van der Waals surface area contributed by atoms with Gasteiger partial charge in [0.05, 0.1) is 10.7 Å². The van der Waals surface area contributed by atoms with Gasteiger partial charge in [-0.3, -0.25) is 4.79 Å². The summed E-state index contributed by atoms with van der Waals surface area (Å²) in [7, 11) is 0. The molecule has 0 aliphatic heterocycles. The van der Waals surface area contributed by atoms with Gasteiger partial charge in [0.1, 0.15) is 0 Å². The van der Waals surface area contributed by atoms with Crippen LogP contribution in [0.25, 0.3) is 0 Å². The Balaban J connectivity index is 1.72. The van der Waals surface area contributed by atoms with Crippen LogP contribution in [-0.4, -0.2) is 12.5 Å². The number of halogens is 2. The third-order valence-electron chi connectivity index (χ3n) is 3.18. The van der Waals surface area contributed by atoms with E-state index in [9.17, 15) is 4.79 Å². The Morgan fingerprint density at radius 2 is 1.82 bits per heavy atom. The predicted molar refractivity (Wildman–Crippen MR) is 92.6 cm³/mol. The third kappa shape index (κ3) is 5.34. The zero-order chi connectivity index (χ0) is 15.9. The number of amides is 1. The molecule has 5 heteroatoms. The molecule has 2 rings (SSSR count). The van der Waals surface area contributed by atoms with Crippen LogP contribution in [0.4, 0.5) is 5.69 Å². The fourth-order valence-electron chi connectivity index (χ4n) is 1.94. The van der Waals surface area contributed by atoms with Crippen LogP contribution in [0.1, 0.15) is 17.5 Å². The van der Waals surface area contributed by atoms with Crippen LogP contribution in [0.5, 0.6) is 0 Å². The van der Waals surface area contributed by atoms with Crippen LogP contribution in [0.15, 0.2) is 42.5 Å². The number of rotatable bonds is 6. The number of nitrogens with one attached hydrogen (secondary N) is 2. The molecule has 0 atom stereocenters. The molecule has 3 nitrogen and oxygen atoms in total. The van der Waals surface area contributed by atoms with Gasteiger partial charge >= 0.3 is 0 Å². The summed E-state index contributed by atoms with van der Waals surface area (Å²) < 4.78 is 0. The van der Waals surface area contributed by atoms with Crippen LogP contribution in [0.3, 0.4) is 0 Å². The van der Waals surface area contributed by atoms with Crippen LogP contribution in [0.2, 0.25) is 10.0 Å². The summed E-state index contributed by atoms with van der Waals surface area (Å²) in [4.78, 5) is 11.9. The van der Waals surface area contributed by atoms with Crippen molar-refractivity contribution in [3.63, 3.8) is 0 Å². The van der Waals surface area contributed by atoms with E-state index in [1.165, 1.54) is 11.1 Å². The fourth-order valence-corrected chi connectivity index (χ4v) is 2.40. The number of aryl methyl sites for hydroxylation is 1. The summed E-state index contributed by atoms with van der Waals surface area (Å²) >= 11 is 11.8. The molecular weight excluding hydrogens is 319 g/mol. The van der Waals surface area contributed by atoms with Crippen molar-refractivity contribution in [1.82, 2.24) is 5.32 Å². The van der Waals surface area contributed by atoms with Crippen LogP contribution in [0, 0.1) is 6.92 Å². The Bertz CT molecular complexity index is 642. The van der Waals surface area contributed by atoms with Crippen molar-refractivity contribution in [2.75, 3.05) is 11.9 Å². The van der Waals surface area contributed by atoms with Gasteiger partial charge in [0.25, 0.3) is 0 Å². The van der Waals surface area contributed by atoms with E-state index >= 15 is 0 Å². The quantitative estimate of drug-likeness (QED) is 0.766. The minimum absolute atomic E-state index is 0.0828. The zero-order valence-electron chi connectivity index (χ0n) is 12.3. The normalized spacial score (nSPS) is 10.5. The Labute approximate surface area is 140 Å². The lowest BCUT2D eigenvalue weighted by molar-refractivity contribution is -0.116. The number of hydrogen-bond donors (Lipinski definition) is 2. The van der Waals surface area contributed by atoms with E-state index in [0.29, 0.717) is 28.7 Å². The molecule has 2 N–H and O–H groups in total. The lowest BCUT2D eigenvalue weighted by Crippen LogP contribution is -2.21. The van der Waals surface area contributed by atoms with Crippen molar-refractivity contribution in [1.29, 1.82) is 0 Å². The van der Waals surface area contributed by atoms with Crippen molar-refractivity contribution in [3.05, 3.63) is 63.6 Å². The minimum atomic E-state index is -0.0828. The molecule has 0 heterocycles. The molecule has 116 valence electrons. The first-order valence-electron chi connectivity index (χ1n) is 7.06. The van der Waals surface area contributed by atoms with Gasteiger partial charge in [0.2, 0.25) is 5.91 Å². The largest absolute Gasteiger partial charge is 0.325 e. The molecule has 0 fully saturated rings. The first-order valence-corrected chi connectivity index (χ1v) is 7.81. The second-order valence-electron chi connectivity index (χ2n) is 5.08. The summed E-state index contributed by atoms with van der Waals surface area (Å²) in [5.41, 5.74) is 3.02. The van der Waals surface area contributed by atoms with Crippen molar-refractivity contribution in [2.45, 2.75) is 19.9 Å². The number of carbonyl (C=O) groups is 1. The summed E-state index contributed by atoms with van der Waals surface area (Å²) in [6.07, 6.45) is 0.380. The molecule has 0 saturated heterocycles. The van der Waals surface area contributed by atoms with Gasteiger partial charge in [0, 0.05) is 24.5 Å². The number of anilines is 1. The Morgan fingerprint density at radius 1 is 1.09 bits per heavy atom. The molecular formula is C17H18Cl2N2O. The van der Waals surface area contributed by atoms with Gasteiger partial charge in [-0.05, 0) is 30.7 Å². The molecule has 0 aliphatic carbocycles. The van der Waals surface area contributed by atoms with Gasteiger partial charge in [-0.1, -0.05) is 53.0 Å². The van der Waals surface area contributed by atoms with E-state index in [4.69, 9.17) is 23.2 Å². The van der Waals surface area contributed by atoms with Gasteiger partial charge in [0.15, 0.2) is 0 Å². The van der Waals surface area contributed by atoms with E-state index in [0.717, 1.165) is 6.54 Å². The molecule has 0 spiro atoms. The summed E-state index contributed by atoms with van der Waals surface area (Å²) in [6.45, 7) is 3.41. The van der Waals surface area contributed by atoms with E-state index in [1.54, 1.807) is 18.2 Å². The van der Waals surface area contributed by atoms with E-state index in [1.807, 2.05) is 0 Å². The average molecular weight is 337 g/mol. The van der Waals surface area contributed by atoms with Crippen molar-refractivity contribution >= 4 is 34.8 Å². The van der Waals surface area contributed by atoms with Crippen molar-refractivity contribution < 1.29 is 4.79 Å². The van der Waals surface area contributed by atoms with Gasteiger partial charge < -0.3 is 10.6 Å².